The van der Waals surface area contributed by atoms with E-state index in [9.17, 15) is 4.79 Å². The van der Waals surface area contributed by atoms with Crippen molar-refractivity contribution in [1.29, 1.82) is 0 Å². The van der Waals surface area contributed by atoms with Gasteiger partial charge in [-0.1, -0.05) is 12.1 Å². The van der Waals surface area contributed by atoms with Gasteiger partial charge in [0.15, 0.2) is 5.76 Å². The average molecular weight is 319 g/mol. The largest absolute Gasteiger partial charge is 0.452 e. The second-order valence-electron chi connectivity index (χ2n) is 4.35. The van der Waals surface area contributed by atoms with Crippen molar-refractivity contribution >= 4 is 32.7 Å². The van der Waals surface area contributed by atoms with Crippen LogP contribution < -0.4 is 0 Å². The van der Waals surface area contributed by atoms with Gasteiger partial charge in [0.2, 0.25) is 5.78 Å². The normalized spacial score (nSPS) is 11.1. The second-order valence-corrected chi connectivity index (χ2v) is 5.20. The number of carbonyl (C=O) groups is 1. The standard InChI is InChI=1S/C14H11BrN2O2/c1-17-6-5-10(16-17)8-12(18)13-7-9-3-2-4-11(15)14(9)19-13/h2-7H,8H2,1H3. The summed E-state index contributed by atoms with van der Waals surface area (Å²) in [6, 6.07) is 9.32. The minimum absolute atomic E-state index is 0.0678. The molecule has 0 atom stereocenters. The lowest BCUT2D eigenvalue weighted by Crippen LogP contribution is -2.03. The SMILES string of the molecule is Cn1ccc(CC(=O)c2cc3cccc(Br)c3o2)n1. The molecule has 2 heterocycles. The predicted molar refractivity (Wildman–Crippen MR) is 75.2 cm³/mol. The fourth-order valence-corrected chi connectivity index (χ4v) is 2.44. The fraction of sp³-hybridized carbons (Fsp3) is 0.143. The quantitative estimate of drug-likeness (QED) is 0.696. The molecular formula is C14H11BrN2O2. The first kappa shape index (κ1) is 12.2. The van der Waals surface area contributed by atoms with Crippen molar-refractivity contribution in [3.63, 3.8) is 0 Å². The van der Waals surface area contributed by atoms with Gasteiger partial charge < -0.3 is 4.42 Å². The number of aryl methyl sites for hydroxylation is 1. The highest BCUT2D eigenvalue weighted by atomic mass is 79.9. The van der Waals surface area contributed by atoms with E-state index in [-0.39, 0.29) is 12.2 Å². The molecular weight excluding hydrogens is 308 g/mol. The maximum absolute atomic E-state index is 12.1. The van der Waals surface area contributed by atoms with Gasteiger partial charge in [-0.15, -0.1) is 0 Å². The molecule has 0 spiro atoms. The van der Waals surface area contributed by atoms with E-state index < -0.39 is 0 Å². The van der Waals surface area contributed by atoms with Crippen molar-refractivity contribution in [2.24, 2.45) is 7.05 Å². The molecule has 0 aliphatic heterocycles. The molecule has 2 aromatic heterocycles. The fourth-order valence-electron chi connectivity index (χ4n) is 1.97. The van der Waals surface area contributed by atoms with Gasteiger partial charge in [0.25, 0.3) is 0 Å². The molecule has 3 rings (SSSR count). The van der Waals surface area contributed by atoms with Gasteiger partial charge in [-0.2, -0.15) is 5.10 Å². The molecule has 1 aromatic carbocycles. The maximum atomic E-state index is 12.1. The van der Waals surface area contributed by atoms with Gasteiger partial charge in [0.05, 0.1) is 16.6 Å². The number of benzene rings is 1. The van der Waals surface area contributed by atoms with Gasteiger partial charge in [0.1, 0.15) is 5.58 Å². The lowest BCUT2D eigenvalue weighted by Gasteiger charge is -1.94. The first-order chi connectivity index (χ1) is 9.13. The highest BCUT2D eigenvalue weighted by Gasteiger charge is 2.15. The molecule has 3 aromatic rings. The highest BCUT2D eigenvalue weighted by molar-refractivity contribution is 9.10. The molecule has 0 bridgehead atoms. The van der Waals surface area contributed by atoms with Crippen molar-refractivity contribution in [2.45, 2.75) is 6.42 Å². The van der Waals surface area contributed by atoms with E-state index in [1.165, 1.54) is 0 Å². The van der Waals surface area contributed by atoms with Gasteiger partial charge in [-0.25, -0.2) is 0 Å². The molecule has 0 saturated heterocycles. The third-order valence-electron chi connectivity index (χ3n) is 2.88. The van der Waals surface area contributed by atoms with Crippen molar-refractivity contribution in [3.05, 3.63) is 52.5 Å². The van der Waals surface area contributed by atoms with Gasteiger partial charge in [0, 0.05) is 18.6 Å². The van der Waals surface area contributed by atoms with Gasteiger partial charge in [-0.3, -0.25) is 9.48 Å². The number of rotatable bonds is 3. The van der Waals surface area contributed by atoms with Crippen LogP contribution in [0.15, 0.2) is 45.4 Å². The van der Waals surface area contributed by atoms with Crippen molar-refractivity contribution in [2.75, 3.05) is 0 Å². The van der Waals surface area contributed by atoms with E-state index in [0.29, 0.717) is 11.3 Å². The summed E-state index contributed by atoms with van der Waals surface area (Å²) in [5.74, 6) is 0.300. The summed E-state index contributed by atoms with van der Waals surface area (Å²) in [6.45, 7) is 0. The number of aromatic nitrogens is 2. The summed E-state index contributed by atoms with van der Waals surface area (Å²) < 4.78 is 8.14. The minimum atomic E-state index is -0.0678. The monoisotopic (exact) mass is 318 g/mol. The third kappa shape index (κ3) is 2.33. The van der Waals surface area contributed by atoms with E-state index in [1.54, 1.807) is 10.7 Å². The Morgan fingerprint density at radius 1 is 1.42 bits per heavy atom. The van der Waals surface area contributed by atoms with E-state index in [0.717, 1.165) is 15.6 Å². The Bertz CT molecular complexity index is 758. The molecule has 4 nitrogen and oxygen atoms in total. The zero-order chi connectivity index (χ0) is 13.4. The molecule has 0 amide bonds. The molecule has 0 aliphatic carbocycles. The van der Waals surface area contributed by atoms with Crippen molar-refractivity contribution in [3.8, 4) is 0 Å². The number of ketones is 1. The van der Waals surface area contributed by atoms with Crippen LogP contribution in [-0.2, 0) is 13.5 Å². The number of hydrogen-bond donors (Lipinski definition) is 0. The summed E-state index contributed by atoms with van der Waals surface area (Å²) in [4.78, 5) is 12.1. The van der Waals surface area contributed by atoms with Crippen molar-refractivity contribution in [1.82, 2.24) is 9.78 Å². The smallest absolute Gasteiger partial charge is 0.204 e. The lowest BCUT2D eigenvalue weighted by molar-refractivity contribution is 0.0967. The van der Waals surface area contributed by atoms with Crippen molar-refractivity contribution < 1.29 is 9.21 Å². The molecule has 5 heteroatoms. The summed E-state index contributed by atoms with van der Waals surface area (Å²) in [7, 11) is 1.83. The Morgan fingerprint density at radius 3 is 2.95 bits per heavy atom. The van der Waals surface area contributed by atoms with E-state index in [2.05, 4.69) is 21.0 Å². The molecule has 96 valence electrons. The molecule has 0 radical (unpaired) electrons. The summed E-state index contributed by atoms with van der Waals surface area (Å²) in [6.07, 6.45) is 2.07. The number of nitrogens with zero attached hydrogens (tertiary/aromatic N) is 2. The van der Waals surface area contributed by atoms with Crippen LogP contribution in [-0.4, -0.2) is 15.6 Å². The average Bonchev–Trinajstić information content (AvgIpc) is 2.96. The van der Waals surface area contributed by atoms with Crippen LogP contribution in [0.5, 0.6) is 0 Å². The number of hydrogen-bond acceptors (Lipinski definition) is 3. The number of Topliss-reactive ketones (excluding diaryl/α,β-unsaturated/α-hetero) is 1. The van der Waals surface area contributed by atoms with Crippen LogP contribution in [0.1, 0.15) is 16.2 Å². The first-order valence-electron chi connectivity index (χ1n) is 5.83. The van der Waals surface area contributed by atoms with Crippen LogP contribution >= 0.6 is 15.9 Å². The molecule has 0 aliphatic rings. The number of carbonyl (C=O) groups excluding carboxylic acids is 1. The molecule has 0 unspecified atom stereocenters. The Kier molecular flexibility index (Phi) is 2.98. The molecule has 0 fully saturated rings. The van der Waals surface area contributed by atoms with Crippen LogP contribution in [0.25, 0.3) is 11.0 Å². The van der Waals surface area contributed by atoms with Crippen LogP contribution in [0.4, 0.5) is 0 Å². The van der Waals surface area contributed by atoms with Gasteiger partial charge >= 0.3 is 0 Å². The topological polar surface area (TPSA) is 48.0 Å². The van der Waals surface area contributed by atoms with Crippen LogP contribution in [0.3, 0.4) is 0 Å². The molecule has 0 saturated carbocycles. The zero-order valence-electron chi connectivity index (χ0n) is 10.3. The highest BCUT2D eigenvalue weighted by Crippen LogP contribution is 2.27. The lowest BCUT2D eigenvalue weighted by atomic mass is 10.1. The van der Waals surface area contributed by atoms with Gasteiger partial charge in [-0.05, 0) is 34.1 Å². The van der Waals surface area contributed by atoms with Crippen LogP contribution in [0.2, 0.25) is 0 Å². The summed E-state index contributed by atoms with van der Waals surface area (Å²) >= 11 is 3.41. The molecule has 0 N–H and O–H groups in total. The molecule has 19 heavy (non-hydrogen) atoms. The Morgan fingerprint density at radius 2 is 2.26 bits per heavy atom. The summed E-state index contributed by atoms with van der Waals surface area (Å²) in [5.41, 5.74) is 1.44. The number of para-hydroxylation sites is 1. The summed E-state index contributed by atoms with van der Waals surface area (Å²) in [5, 5.41) is 5.11. The minimum Gasteiger partial charge on any atom is -0.452 e. The zero-order valence-corrected chi connectivity index (χ0v) is 11.8. The van der Waals surface area contributed by atoms with E-state index in [4.69, 9.17) is 4.42 Å². The Labute approximate surface area is 118 Å². The second kappa shape index (κ2) is 4.66. The Hall–Kier alpha value is -1.88. The first-order valence-corrected chi connectivity index (χ1v) is 6.62. The number of halogens is 1. The number of fused-ring (bicyclic) bond motifs is 1. The van der Waals surface area contributed by atoms with Crippen LogP contribution in [0, 0.1) is 0 Å². The Balaban J connectivity index is 1.91. The predicted octanol–water partition coefficient (Wildman–Crippen LogP) is 3.35. The third-order valence-corrected chi connectivity index (χ3v) is 3.51. The maximum Gasteiger partial charge on any atom is 0.204 e. The van der Waals surface area contributed by atoms with E-state index >= 15 is 0 Å². The number of furan rings is 1. The van der Waals surface area contributed by atoms with E-state index in [1.807, 2.05) is 37.5 Å².